The lowest BCUT2D eigenvalue weighted by molar-refractivity contribution is 0.0475. The summed E-state index contributed by atoms with van der Waals surface area (Å²) in [5.74, 6) is -0.719. The number of benzene rings is 3. The molecule has 0 aliphatic carbocycles. The molecule has 0 amide bonds. The molecule has 1 N–H and O–H groups in total. The highest BCUT2D eigenvalue weighted by Gasteiger charge is 2.17. The van der Waals surface area contributed by atoms with E-state index in [2.05, 4.69) is 4.72 Å². The van der Waals surface area contributed by atoms with Crippen molar-refractivity contribution in [2.75, 3.05) is 11.0 Å². The van der Waals surface area contributed by atoms with E-state index >= 15 is 0 Å². The maximum Gasteiger partial charge on any atom is 0.340 e. The van der Waals surface area contributed by atoms with E-state index in [-0.39, 0.29) is 17.9 Å². The molecule has 1 heterocycles. The van der Waals surface area contributed by atoms with Gasteiger partial charge in [0.05, 0.1) is 17.5 Å². The van der Waals surface area contributed by atoms with Crippen molar-refractivity contribution in [1.82, 2.24) is 0 Å². The van der Waals surface area contributed by atoms with Gasteiger partial charge in [0, 0.05) is 17.0 Å². The van der Waals surface area contributed by atoms with E-state index in [1.54, 1.807) is 18.2 Å². The summed E-state index contributed by atoms with van der Waals surface area (Å²) >= 11 is 0. The van der Waals surface area contributed by atoms with Gasteiger partial charge in [-0.05, 0) is 29.0 Å². The summed E-state index contributed by atoms with van der Waals surface area (Å²) < 4.78 is 36.1. The van der Waals surface area contributed by atoms with Crippen LogP contribution in [0.15, 0.2) is 75.9 Å². The van der Waals surface area contributed by atoms with E-state index in [1.807, 2.05) is 30.3 Å². The highest BCUT2D eigenvalue weighted by Crippen LogP contribution is 2.28. The third-order valence-corrected chi connectivity index (χ3v) is 5.11. The van der Waals surface area contributed by atoms with Crippen LogP contribution in [0.3, 0.4) is 0 Å². The minimum absolute atomic E-state index is 0.0695. The lowest BCUT2D eigenvalue weighted by atomic mass is 10.0. The predicted molar refractivity (Wildman–Crippen MR) is 114 cm³/mol. The zero-order valence-electron chi connectivity index (χ0n) is 15.9. The number of ether oxygens (including phenoxy) is 1. The Balaban J connectivity index is 1.70. The molecule has 0 aliphatic rings. The van der Waals surface area contributed by atoms with Crippen molar-refractivity contribution in [3.63, 3.8) is 0 Å². The standard InChI is InChI=1S/C22H17NO6S/c1-30(26,27)23-18-9-5-4-8-17(18)22(25)28-13-15-12-20(24)29-19-11-10-14-6-2-3-7-16(14)21(15)19/h2-12,23H,13H2,1H3. The monoisotopic (exact) mass is 423 g/mol. The molecule has 0 spiro atoms. The topological polar surface area (TPSA) is 103 Å². The SMILES string of the molecule is CS(=O)(=O)Nc1ccccc1C(=O)OCc1cc(=O)oc2ccc3ccccc3c12. The molecule has 7 nitrogen and oxygen atoms in total. The summed E-state index contributed by atoms with van der Waals surface area (Å²) in [6.45, 7) is -0.178. The summed E-state index contributed by atoms with van der Waals surface area (Å²) in [5, 5.41) is 2.50. The van der Waals surface area contributed by atoms with Crippen LogP contribution in [0.25, 0.3) is 21.7 Å². The first-order valence-electron chi connectivity index (χ1n) is 9.00. The van der Waals surface area contributed by atoms with Gasteiger partial charge in [0.25, 0.3) is 0 Å². The number of hydrogen-bond donors (Lipinski definition) is 1. The largest absolute Gasteiger partial charge is 0.457 e. The van der Waals surface area contributed by atoms with Crippen LogP contribution >= 0.6 is 0 Å². The van der Waals surface area contributed by atoms with E-state index < -0.39 is 21.6 Å². The molecule has 152 valence electrons. The van der Waals surface area contributed by atoms with Crippen molar-refractivity contribution in [3.8, 4) is 0 Å². The third kappa shape index (κ3) is 4.04. The highest BCUT2D eigenvalue weighted by molar-refractivity contribution is 7.92. The van der Waals surface area contributed by atoms with Gasteiger partial charge in [0.2, 0.25) is 10.0 Å². The first-order valence-corrected chi connectivity index (χ1v) is 10.9. The van der Waals surface area contributed by atoms with Crippen molar-refractivity contribution in [1.29, 1.82) is 0 Å². The number of esters is 1. The van der Waals surface area contributed by atoms with Crippen LogP contribution in [-0.4, -0.2) is 20.6 Å². The number of hydrogen-bond acceptors (Lipinski definition) is 6. The minimum Gasteiger partial charge on any atom is -0.457 e. The molecule has 4 rings (SSSR count). The van der Waals surface area contributed by atoms with Gasteiger partial charge >= 0.3 is 11.6 Å². The fourth-order valence-electron chi connectivity index (χ4n) is 3.30. The summed E-state index contributed by atoms with van der Waals surface area (Å²) in [4.78, 5) is 24.6. The Morgan fingerprint density at radius 1 is 1.03 bits per heavy atom. The van der Waals surface area contributed by atoms with E-state index in [0.29, 0.717) is 16.5 Å². The Kier molecular flexibility index (Phi) is 5.01. The average Bonchev–Trinajstić information content (AvgIpc) is 2.70. The average molecular weight is 423 g/mol. The Bertz CT molecular complexity index is 1440. The molecule has 30 heavy (non-hydrogen) atoms. The smallest absolute Gasteiger partial charge is 0.340 e. The third-order valence-electron chi connectivity index (χ3n) is 4.52. The summed E-state index contributed by atoms with van der Waals surface area (Å²) in [6, 6.07) is 18.6. The van der Waals surface area contributed by atoms with Gasteiger partial charge < -0.3 is 9.15 Å². The second-order valence-corrected chi connectivity index (χ2v) is 8.49. The molecule has 0 aliphatic heterocycles. The Morgan fingerprint density at radius 2 is 1.77 bits per heavy atom. The van der Waals surface area contributed by atoms with Crippen molar-refractivity contribution < 1.29 is 22.4 Å². The van der Waals surface area contributed by atoms with Crippen LogP contribution in [0.5, 0.6) is 0 Å². The molecule has 0 saturated heterocycles. The molecule has 8 heteroatoms. The van der Waals surface area contributed by atoms with Gasteiger partial charge in [-0.2, -0.15) is 0 Å². The molecule has 4 aromatic rings. The van der Waals surface area contributed by atoms with Gasteiger partial charge in [-0.25, -0.2) is 18.0 Å². The van der Waals surface area contributed by atoms with Crippen molar-refractivity contribution in [3.05, 3.63) is 88.3 Å². The van der Waals surface area contributed by atoms with Crippen LogP contribution in [0.4, 0.5) is 5.69 Å². The molecule has 3 aromatic carbocycles. The molecule has 0 unspecified atom stereocenters. The number of carbonyl (C=O) groups is 1. The molecule has 0 saturated carbocycles. The Hall–Kier alpha value is -3.65. The maximum absolute atomic E-state index is 12.7. The second kappa shape index (κ2) is 7.64. The number of nitrogens with one attached hydrogen (secondary N) is 1. The number of anilines is 1. The van der Waals surface area contributed by atoms with Gasteiger partial charge in [-0.15, -0.1) is 0 Å². The number of fused-ring (bicyclic) bond motifs is 3. The van der Waals surface area contributed by atoms with E-state index in [1.165, 1.54) is 18.2 Å². The first-order chi connectivity index (χ1) is 14.3. The molecule has 0 fully saturated rings. The van der Waals surface area contributed by atoms with Crippen LogP contribution in [0.1, 0.15) is 15.9 Å². The van der Waals surface area contributed by atoms with Gasteiger partial charge in [-0.1, -0.05) is 42.5 Å². The lowest BCUT2D eigenvalue weighted by Crippen LogP contribution is -2.15. The Morgan fingerprint density at radius 3 is 2.57 bits per heavy atom. The van der Waals surface area contributed by atoms with Crippen molar-refractivity contribution >= 4 is 43.4 Å². The second-order valence-electron chi connectivity index (χ2n) is 6.75. The zero-order chi connectivity index (χ0) is 21.3. The maximum atomic E-state index is 12.7. The van der Waals surface area contributed by atoms with Gasteiger partial charge in [0.1, 0.15) is 12.2 Å². The quantitative estimate of drug-likeness (QED) is 0.298. The van der Waals surface area contributed by atoms with E-state index in [4.69, 9.17) is 9.15 Å². The normalized spacial score (nSPS) is 11.5. The van der Waals surface area contributed by atoms with Crippen LogP contribution in [0.2, 0.25) is 0 Å². The van der Waals surface area contributed by atoms with E-state index in [0.717, 1.165) is 17.0 Å². The van der Waals surface area contributed by atoms with Gasteiger partial charge in [-0.3, -0.25) is 4.72 Å². The van der Waals surface area contributed by atoms with Gasteiger partial charge in [0.15, 0.2) is 0 Å². The molecule has 0 atom stereocenters. The van der Waals surface area contributed by atoms with Crippen molar-refractivity contribution in [2.45, 2.75) is 6.61 Å². The lowest BCUT2D eigenvalue weighted by Gasteiger charge is -2.12. The van der Waals surface area contributed by atoms with Crippen LogP contribution < -0.4 is 10.3 Å². The predicted octanol–water partition coefficient (Wildman–Crippen LogP) is 3.67. The van der Waals surface area contributed by atoms with E-state index in [9.17, 15) is 18.0 Å². The first kappa shape index (κ1) is 19.7. The fraction of sp³-hybridized carbons (Fsp3) is 0.0909. The molecular weight excluding hydrogens is 406 g/mol. The van der Waals surface area contributed by atoms with Crippen LogP contribution in [-0.2, 0) is 21.4 Å². The molecule has 0 radical (unpaired) electrons. The summed E-state index contributed by atoms with van der Waals surface area (Å²) in [7, 11) is -3.57. The van der Waals surface area contributed by atoms with Crippen molar-refractivity contribution in [2.24, 2.45) is 0 Å². The molecule has 0 bridgehead atoms. The number of rotatable bonds is 5. The fourth-order valence-corrected chi connectivity index (χ4v) is 3.88. The molecule has 1 aromatic heterocycles. The molecular formula is C22H17NO6S. The Labute approximate surface area is 171 Å². The summed E-state index contributed by atoms with van der Waals surface area (Å²) in [6.07, 6.45) is 0.996. The number of sulfonamides is 1. The number of carbonyl (C=O) groups excluding carboxylic acids is 1. The summed E-state index contributed by atoms with van der Waals surface area (Å²) in [5.41, 5.74) is 0.530. The zero-order valence-corrected chi connectivity index (χ0v) is 16.7. The number of para-hydroxylation sites is 1. The highest BCUT2D eigenvalue weighted by atomic mass is 32.2. The minimum atomic E-state index is -3.57. The van der Waals surface area contributed by atoms with Crippen LogP contribution in [0, 0.1) is 0 Å².